The summed E-state index contributed by atoms with van der Waals surface area (Å²) < 4.78 is 0. The third kappa shape index (κ3) is 5.31. The van der Waals surface area contributed by atoms with E-state index in [9.17, 15) is 4.79 Å². The quantitative estimate of drug-likeness (QED) is 0.587. The lowest BCUT2D eigenvalue weighted by atomic mass is 9.98. The first-order valence-corrected chi connectivity index (χ1v) is 7.00. The Hall–Kier alpha value is -1.37. The van der Waals surface area contributed by atoms with E-state index >= 15 is 0 Å². The van der Waals surface area contributed by atoms with Gasteiger partial charge in [0.05, 0.1) is 0 Å². The minimum absolute atomic E-state index is 0.402. The number of unbranched alkanes of at least 4 members (excludes halogenated alkanes) is 2. The first-order chi connectivity index (χ1) is 8.77. The average molecular weight is 244 g/mol. The molecular weight excluding hydrogens is 220 g/mol. The van der Waals surface area contributed by atoms with Gasteiger partial charge in [-0.1, -0.05) is 56.2 Å². The van der Waals surface area contributed by atoms with Crippen molar-refractivity contribution in [2.75, 3.05) is 0 Å². The van der Waals surface area contributed by atoms with Crippen molar-refractivity contribution in [1.82, 2.24) is 0 Å². The maximum atomic E-state index is 11.7. The molecule has 0 fully saturated rings. The molecule has 0 saturated carbocycles. The van der Waals surface area contributed by atoms with Gasteiger partial charge in [0.15, 0.2) is 0 Å². The molecule has 0 N–H and O–H groups in total. The fourth-order valence-corrected chi connectivity index (χ4v) is 2.08. The lowest BCUT2D eigenvalue weighted by Crippen LogP contribution is -1.98. The van der Waals surface area contributed by atoms with Crippen LogP contribution in [-0.2, 0) is 4.79 Å². The average Bonchev–Trinajstić information content (AvgIpc) is 2.41. The summed E-state index contributed by atoms with van der Waals surface area (Å²) in [7, 11) is 0. The molecule has 1 heteroatoms. The van der Waals surface area contributed by atoms with Gasteiger partial charge in [0.1, 0.15) is 5.78 Å². The highest BCUT2D eigenvalue weighted by Gasteiger charge is 2.05. The molecule has 0 heterocycles. The SMILES string of the molecule is C/C=C(/CCC(=O)CCCCC)c1ccccc1. The smallest absolute Gasteiger partial charge is 0.133 e. The van der Waals surface area contributed by atoms with Crippen molar-refractivity contribution in [3.63, 3.8) is 0 Å². The second-order valence-electron chi connectivity index (χ2n) is 4.68. The Balaban J connectivity index is 2.39. The zero-order chi connectivity index (χ0) is 13.2. The van der Waals surface area contributed by atoms with E-state index in [2.05, 4.69) is 25.1 Å². The highest BCUT2D eigenvalue weighted by Crippen LogP contribution is 2.20. The Morgan fingerprint density at radius 3 is 2.39 bits per heavy atom. The summed E-state index contributed by atoms with van der Waals surface area (Å²) in [5.74, 6) is 0.402. The van der Waals surface area contributed by atoms with Gasteiger partial charge in [0.2, 0.25) is 0 Å². The Labute approximate surface area is 111 Å². The van der Waals surface area contributed by atoms with E-state index in [1.807, 2.05) is 25.1 Å². The zero-order valence-corrected chi connectivity index (χ0v) is 11.6. The van der Waals surface area contributed by atoms with Crippen LogP contribution in [0.4, 0.5) is 0 Å². The highest BCUT2D eigenvalue weighted by atomic mass is 16.1. The molecule has 0 unspecified atom stereocenters. The maximum absolute atomic E-state index is 11.7. The topological polar surface area (TPSA) is 17.1 Å². The molecule has 98 valence electrons. The molecular formula is C17H24O. The van der Waals surface area contributed by atoms with Gasteiger partial charge in [-0.2, -0.15) is 0 Å². The molecule has 1 aromatic rings. The number of hydrogen-bond acceptors (Lipinski definition) is 1. The molecule has 1 rings (SSSR count). The van der Waals surface area contributed by atoms with Crippen molar-refractivity contribution in [3.8, 4) is 0 Å². The number of Topliss-reactive ketones (excluding diaryl/α,β-unsaturated/α-hetero) is 1. The lowest BCUT2D eigenvalue weighted by molar-refractivity contribution is -0.119. The van der Waals surface area contributed by atoms with Gasteiger partial charge in [0, 0.05) is 12.8 Å². The summed E-state index contributed by atoms with van der Waals surface area (Å²) in [5.41, 5.74) is 2.51. The summed E-state index contributed by atoms with van der Waals surface area (Å²) in [6, 6.07) is 10.3. The molecule has 1 nitrogen and oxygen atoms in total. The largest absolute Gasteiger partial charge is 0.300 e. The van der Waals surface area contributed by atoms with Gasteiger partial charge in [-0.3, -0.25) is 4.79 Å². The van der Waals surface area contributed by atoms with Crippen LogP contribution in [0.2, 0.25) is 0 Å². The third-order valence-electron chi connectivity index (χ3n) is 3.23. The molecule has 0 atom stereocenters. The molecule has 18 heavy (non-hydrogen) atoms. The predicted molar refractivity (Wildman–Crippen MR) is 78.5 cm³/mol. The number of rotatable bonds is 8. The van der Waals surface area contributed by atoms with Crippen molar-refractivity contribution >= 4 is 11.4 Å². The summed E-state index contributed by atoms with van der Waals surface area (Å²) in [6.07, 6.45) is 7.81. The zero-order valence-electron chi connectivity index (χ0n) is 11.6. The summed E-state index contributed by atoms with van der Waals surface area (Å²) >= 11 is 0. The predicted octanol–water partition coefficient (Wildman–Crippen LogP) is 5.02. The number of benzene rings is 1. The Morgan fingerprint density at radius 2 is 1.78 bits per heavy atom. The van der Waals surface area contributed by atoms with Crippen molar-refractivity contribution in [1.29, 1.82) is 0 Å². The lowest BCUT2D eigenvalue weighted by Gasteiger charge is -2.06. The van der Waals surface area contributed by atoms with Gasteiger partial charge < -0.3 is 0 Å². The van der Waals surface area contributed by atoms with E-state index in [0.717, 1.165) is 19.3 Å². The van der Waals surface area contributed by atoms with E-state index in [-0.39, 0.29) is 0 Å². The van der Waals surface area contributed by atoms with E-state index in [1.54, 1.807) is 0 Å². The Morgan fingerprint density at radius 1 is 1.06 bits per heavy atom. The Bertz CT molecular complexity index is 376. The fraction of sp³-hybridized carbons (Fsp3) is 0.471. The minimum atomic E-state index is 0.402. The third-order valence-corrected chi connectivity index (χ3v) is 3.23. The first kappa shape index (κ1) is 14.7. The second kappa shape index (κ2) is 8.68. The van der Waals surface area contributed by atoms with Crippen molar-refractivity contribution in [3.05, 3.63) is 42.0 Å². The van der Waals surface area contributed by atoms with Gasteiger partial charge >= 0.3 is 0 Å². The number of ketones is 1. The molecule has 0 aliphatic carbocycles. The fourth-order valence-electron chi connectivity index (χ4n) is 2.08. The van der Waals surface area contributed by atoms with Crippen LogP contribution >= 0.6 is 0 Å². The number of hydrogen-bond donors (Lipinski definition) is 0. The molecule has 0 aliphatic rings. The first-order valence-electron chi connectivity index (χ1n) is 7.00. The normalized spacial score (nSPS) is 11.6. The molecule has 1 aromatic carbocycles. The number of carbonyl (C=O) groups excluding carboxylic acids is 1. The summed E-state index contributed by atoms with van der Waals surface area (Å²) in [5, 5.41) is 0. The maximum Gasteiger partial charge on any atom is 0.133 e. The van der Waals surface area contributed by atoms with E-state index in [1.165, 1.54) is 24.0 Å². The van der Waals surface area contributed by atoms with E-state index in [0.29, 0.717) is 12.2 Å². The molecule has 0 radical (unpaired) electrons. The molecule has 0 aromatic heterocycles. The van der Waals surface area contributed by atoms with Gasteiger partial charge in [-0.05, 0) is 30.9 Å². The van der Waals surface area contributed by atoms with Crippen LogP contribution in [0, 0.1) is 0 Å². The van der Waals surface area contributed by atoms with Crippen LogP contribution in [0.5, 0.6) is 0 Å². The van der Waals surface area contributed by atoms with Crippen LogP contribution in [0.25, 0.3) is 5.57 Å². The second-order valence-corrected chi connectivity index (χ2v) is 4.68. The van der Waals surface area contributed by atoms with Crippen molar-refractivity contribution < 1.29 is 4.79 Å². The summed E-state index contributed by atoms with van der Waals surface area (Å²) in [6.45, 7) is 4.21. The minimum Gasteiger partial charge on any atom is -0.300 e. The van der Waals surface area contributed by atoms with E-state index in [4.69, 9.17) is 0 Å². The molecule has 0 saturated heterocycles. The number of carbonyl (C=O) groups is 1. The van der Waals surface area contributed by atoms with Crippen LogP contribution < -0.4 is 0 Å². The molecule has 0 amide bonds. The van der Waals surface area contributed by atoms with Crippen molar-refractivity contribution in [2.24, 2.45) is 0 Å². The van der Waals surface area contributed by atoms with Crippen LogP contribution in [0.15, 0.2) is 36.4 Å². The molecule has 0 bridgehead atoms. The standard InChI is InChI=1S/C17H24O/c1-3-5-7-12-17(18)14-13-15(4-2)16-10-8-6-9-11-16/h4,6,8-11H,3,5,7,12-14H2,1-2H3/b15-4-. The van der Waals surface area contributed by atoms with E-state index < -0.39 is 0 Å². The van der Waals surface area contributed by atoms with Crippen LogP contribution in [0.3, 0.4) is 0 Å². The number of allylic oxidation sites excluding steroid dienone is 2. The van der Waals surface area contributed by atoms with Gasteiger partial charge in [0.25, 0.3) is 0 Å². The van der Waals surface area contributed by atoms with Crippen molar-refractivity contribution in [2.45, 2.75) is 52.4 Å². The van der Waals surface area contributed by atoms with Crippen LogP contribution in [0.1, 0.15) is 57.9 Å². The van der Waals surface area contributed by atoms with Crippen LogP contribution in [-0.4, -0.2) is 5.78 Å². The molecule has 0 aliphatic heterocycles. The van der Waals surface area contributed by atoms with Gasteiger partial charge in [-0.25, -0.2) is 0 Å². The Kier molecular flexibility index (Phi) is 7.09. The monoisotopic (exact) mass is 244 g/mol. The summed E-state index contributed by atoms with van der Waals surface area (Å²) in [4.78, 5) is 11.7. The van der Waals surface area contributed by atoms with Gasteiger partial charge in [-0.15, -0.1) is 0 Å². The molecule has 0 spiro atoms. The highest BCUT2D eigenvalue weighted by molar-refractivity contribution is 5.80.